The quantitative estimate of drug-likeness (QED) is 0.741. The molecule has 28 heavy (non-hydrogen) atoms. The molecular formula is C19H17F3N4O2. The maximum absolute atomic E-state index is 12.6. The van der Waals surface area contributed by atoms with E-state index in [-0.39, 0.29) is 18.4 Å². The molecule has 3 aromatic rings. The van der Waals surface area contributed by atoms with Crippen molar-refractivity contribution in [3.05, 3.63) is 53.9 Å². The number of anilines is 1. The first-order valence-corrected chi connectivity index (χ1v) is 8.81. The summed E-state index contributed by atoms with van der Waals surface area (Å²) in [6.45, 7) is 1.10. The Bertz CT molecular complexity index is 985. The number of halogens is 3. The SMILES string of the molecule is O=C(Cc1noc2ccccc12)NC1CCN(c2ccc(C(F)(F)F)cn2)C1. The van der Waals surface area contributed by atoms with Gasteiger partial charge in [-0.1, -0.05) is 17.3 Å². The molecule has 1 unspecified atom stereocenters. The van der Waals surface area contributed by atoms with Crippen LogP contribution in [0.3, 0.4) is 0 Å². The molecule has 0 saturated carbocycles. The van der Waals surface area contributed by atoms with Crippen LogP contribution in [0.5, 0.6) is 0 Å². The fourth-order valence-electron chi connectivity index (χ4n) is 3.32. The fourth-order valence-corrected chi connectivity index (χ4v) is 3.32. The summed E-state index contributed by atoms with van der Waals surface area (Å²) in [6.07, 6.45) is -2.78. The van der Waals surface area contributed by atoms with Gasteiger partial charge in [-0.05, 0) is 30.7 Å². The third kappa shape index (κ3) is 3.78. The number of aromatic nitrogens is 2. The van der Waals surface area contributed by atoms with Crippen molar-refractivity contribution < 1.29 is 22.5 Å². The number of pyridine rings is 1. The molecular weight excluding hydrogens is 373 g/mol. The maximum Gasteiger partial charge on any atom is 0.417 e. The summed E-state index contributed by atoms with van der Waals surface area (Å²) in [4.78, 5) is 18.1. The summed E-state index contributed by atoms with van der Waals surface area (Å²) in [5.41, 5.74) is 0.429. The highest BCUT2D eigenvalue weighted by Gasteiger charge is 2.31. The Morgan fingerprint density at radius 1 is 1.25 bits per heavy atom. The smallest absolute Gasteiger partial charge is 0.356 e. The minimum absolute atomic E-state index is 0.102. The lowest BCUT2D eigenvalue weighted by Crippen LogP contribution is -2.38. The lowest BCUT2D eigenvalue weighted by Gasteiger charge is -2.18. The van der Waals surface area contributed by atoms with Gasteiger partial charge < -0.3 is 14.7 Å². The Balaban J connectivity index is 1.35. The van der Waals surface area contributed by atoms with Crippen molar-refractivity contribution in [2.24, 2.45) is 0 Å². The van der Waals surface area contributed by atoms with Gasteiger partial charge in [0, 0.05) is 30.7 Å². The molecule has 1 saturated heterocycles. The molecule has 0 radical (unpaired) electrons. The number of fused-ring (bicyclic) bond motifs is 1. The minimum Gasteiger partial charge on any atom is -0.356 e. The number of hydrogen-bond donors (Lipinski definition) is 1. The monoisotopic (exact) mass is 390 g/mol. The normalized spacial score (nSPS) is 17.2. The topological polar surface area (TPSA) is 71.3 Å². The van der Waals surface area contributed by atoms with Crippen LogP contribution >= 0.6 is 0 Å². The standard InChI is InChI=1S/C19H17F3N4O2/c20-19(21,22)12-5-6-17(23-10-12)26-8-7-13(11-26)24-18(27)9-15-14-3-1-2-4-16(14)28-25-15/h1-6,10,13H,7-9,11H2,(H,24,27). The highest BCUT2D eigenvalue weighted by atomic mass is 19.4. The summed E-state index contributed by atoms with van der Waals surface area (Å²) in [5, 5.41) is 7.70. The molecule has 6 nitrogen and oxygen atoms in total. The number of benzene rings is 1. The van der Waals surface area contributed by atoms with E-state index in [1.165, 1.54) is 6.07 Å². The van der Waals surface area contributed by atoms with Crippen LogP contribution < -0.4 is 10.2 Å². The van der Waals surface area contributed by atoms with Crippen LogP contribution in [-0.4, -0.2) is 35.2 Å². The number of para-hydroxylation sites is 1. The molecule has 1 amide bonds. The van der Waals surface area contributed by atoms with Crippen LogP contribution in [0.25, 0.3) is 11.0 Å². The van der Waals surface area contributed by atoms with Gasteiger partial charge in [-0.3, -0.25) is 4.79 Å². The zero-order valence-corrected chi connectivity index (χ0v) is 14.7. The molecule has 3 heterocycles. The Kier molecular flexibility index (Phi) is 4.66. The Hall–Kier alpha value is -3.10. The first kappa shape index (κ1) is 18.3. The molecule has 1 N–H and O–H groups in total. The van der Waals surface area contributed by atoms with E-state index in [9.17, 15) is 18.0 Å². The number of nitrogens with one attached hydrogen (secondary N) is 1. The summed E-state index contributed by atoms with van der Waals surface area (Å²) >= 11 is 0. The van der Waals surface area contributed by atoms with Gasteiger partial charge >= 0.3 is 6.18 Å². The molecule has 1 aliphatic rings. The number of hydrogen-bond acceptors (Lipinski definition) is 5. The van der Waals surface area contributed by atoms with E-state index in [1.54, 1.807) is 6.07 Å². The predicted molar refractivity (Wildman–Crippen MR) is 95.7 cm³/mol. The number of alkyl halides is 3. The molecule has 0 aliphatic carbocycles. The van der Waals surface area contributed by atoms with Crippen LogP contribution in [0.1, 0.15) is 17.7 Å². The molecule has 4 rings (SSSR count). The second-order valence-corrected chi connectivity index (χ2v) is 6.70. The molecule has 0 spiro atoms. The highest BCUT2D eigenvalue weighted by Crippen LogP contribution is 2.30. The lowest BCUT2D eigenvalue weighted by molar-refractivity contribution is -0.137. The minimum atomic E-state index is -4.40. The third-order valence-electron chi connectivity index (χ3n) is 4.73. The average Bonchev–Trinajstić information content (AvgIpc) is 3.29. The largest absolute Gasteiger partial charge is 0.417 e. The second-order valence-electron chi connectivity index (χ2n) is 6.70. The van der Waals surface area contributed by atoms with Crippen LogP contribution in [0.4, 0.5) is 19.0 Å². The lowest BCUT2D eigenvalue weighted by atomic mass is 10.1. The number of nitrogens with zero attached hydrogens (tertiary/aromatic N) is 3. The third-order valence-corrected chi connectivity index (χ3v) is 4.73. The van der Waals surface area contributed by atoms with Gasteiger partial charge in [0.25, 0.3) is 0 Å². The summed E-state index contributed by atoms with van der Waals surface area (Å²) in [5.74, 6) is 0.290. The van der Waals surface area contributed by atoms with Gasteiger partial charge in [-0.2, -0.15) is 13.2 Å². The van der Waals surface area contributed by atoms with Gasteiger partial charge in [0.05, 0.1) is 12.0 Å². The van der Waals surface area contributed by atoms with Crippen molar-refractivity contribution in [3.8, 4) is 0 Å². The van der Waals surface area contributed by atoms with E-state index >= 15 is 0 Å². The predicted octanol–water partition coefficient (Wildman–Crippen LogP) is 3.18. The highest BCUT2D eigenvalue weighted by molar-refractivity contribution is 5.86. The summed E-state index contributed by atoms with van der Waals surface area (Å²) in [6, 6.07) is 9.60. The van der Waals surface area contributed by atoms with Crippen molar-refractivity contribution >= 4 is 22.7 Å². The number of rotatable bonds is 4. The van der Waals surface area contributed by atoms with Crippen LogP contribution in [0.2, 0.25) is 0 Å². The van der Waals surface area contributed by atoms with Crippen LogP contribution in [0, 0.1) is 0 Å². The van der Waals surface area contributed by atoms with E-state index in [1.807, 2.05) is 23.1 Å². The van der Waals surface area contributed by atoms with Crippen molar-refractivity contribution in [3.63, 3.8) is 0 Å². The number of amides is 1. The average molecular weight is 390 g/mol. The summed E-state index contributed by atoms with van der Waals surface area (Å²) in [7, 11) is 0. The van der Waals surface area contributed by atoms with Crippen molar-refractivity contribution in [2.45, 2.75) is 25.1 Å². The van der Waals surface area contributed by atoms with Crippen molar-refractivity contribution in [2.75, 3.05) is 18.0 Å². The van der Waals surface area contributed by atoms with Gasteiger partial charge in [-0.15, -0.1) is 0 Å². The molecule has 1 aliphatic heterocycles. The first-order chi connectivity index (χ1) is 13.4. The van der Waals surface area contributed by atoms with Gasteiger partial charge in [-0.25, -0.2) is 4.98 Å². The molecule has 1 atom stereocenters. The van der Waals surface area contributed by atoms with E-state index in [2.05, 4.69) is 15.5 Å². The van der Waals surface area contributed by atoms with Crippen molar-refractivity contribution in [1.82, 2.24) is 15.5 Å². The molecule has 2 aromatic heterocycles. The molecule has 146 valence electrons. The van der Waals surface area contributed by atoms with Gasteiger partial charge in [0.1, 0.15) is 11.5 Å². The first-order valence-electron chi connectivity index (χ1n) is 8.81. The van der Waals surface area contributed by atoms with E-state index in [0.717, 1.165) is 17.6 Å². The van der Waals surface area contributed by atoms with E-state index in [4.69, 9.17) is 4.52 Å². The van der Waals surface area contributed by atoms with Gasteiger partial charge in [0.15, 0.2) is 5.58 Å². The molecule has 0 bridgehead atoms. The Morgan fingerprint density at radius 3 is 2.82 bits per heavy atom. The summed E-state index contributed by atoms with van der Waals surface area (Å²) < 4.78 is 43.1. The van der Waals surface area contributed by atoms with Crippen LogP contribution in [0.15, 0.2) is 47.1 Å². The fraction of sp³-hybridized carbons (Fsp3) is 0.316. The zero-order chi connectivity index (χ0) is 19.7. The van der Waals surface area contributed by atoms with Gasteiger partial charge in [0.2, 0.25) is 5.91 Å². The molecule has 1 fully saturated rings. The van der Waals surface area contributed by atoms with Crippen molar-refractivity contribution in [1.29, 1.82) is 0 Å². The Labute approximate surface area is 158 Å². The second kappa shape index (κ2) is 7.14. The number of carbonyl (C=O) groups is 1. The van der Waals surface area contributed by atoms with Crippen LogP contribution in [-0.2, 0) is 17.4 Å². The molecule has 1 aromatic carbocycles. The maximum atomic E-state index is 12.6. The zero-order valence-electron chi connectivity index (χ0n) is 14.7. The molecule has 9 heteroatoms. The Morgan fingerprint density at radius 2 is 2.07 bits per heavy atom. The van der Waals surface area contributed by atoms with E-state index < -0.39 is 11.7 Å². The van der Waals surface area contributed by atoms with E-state index in [0.29, 0.717) is 36.6 Å². The number of carbonyl (C=O) groups excluding carboxylic acids is 1.